The summed E-state index contributed by atoms with van der Waals surface area (Å²) in [4.78, 5) is 11.1. The fourth-order valence-corrected chi connectivity index (χ4v) is 3.62. The van der Waals surface area contributed by atoms with E-state index in [2.05, 4.69) is 0 Å². The highest BCUT2D eigenvalue weighted by Gasteiger charge is 2.22. The first-order chi connectivity index (χ1) is 7.45. The van der Waals surface area contributed by atoms with Crippen LogP contribution < -0.4 is 0 Å². The van der Waals surface area contributed by atoms with E-state index in [0.717, 1.165) is 6.42 Å². The summed E-state index contributed by atoms with van der Waals surface area (Å²) in [6, 6.07) is 1.47. The van der Waals surface area contributed by atoms with Crippen molar-refractivity contribution in [3.05, 3.63) is 21.1 Å². The first-order valence-corrected chi connectivity index (χ1v) is 6.78. The van der Waals surface area contributed by atoms with E-state index in [1.165, 1.54) is 29.2 Å². The predicted molar refractivity (Wildman–Crippen MR) is 67.2 cm³/mol. The van der Waals surface area contributed by atoms with Crippen molar-refractivity contribution in [1.29, 1.82) is 0 Å². The summed E-state index contributed by atoms with van der Waals surface area (Å²) in [5, 5.41) is 20.6. The lowest BCUT2D eigenvalue weighted by Gasteiger charge is -2.04. The SMILES string of the molecule is CCC(C)Sc1sc(C(C)O)cc1[N+](=O)[O-]. The van der Waals surface area contributed by atoms with Gasteiger partial charge in [-0.25, -0.2) is 0 Å². The largest absolute Gasteiger partial charge is 0.388 e. The van der Waals surface area contributed by atoms with Crippen molar-refractivity contribution >= 4 is 28.8 Å². The third-order valence-corrected chi connectivity index (χ3v) is 4.98. The fourth-order valence-electron chi connectivity index (χ4n) is 1.07. The lowest BCUT2D eigenvalue weighted by molar-refractivity contribution is -0.387. The Labute approximate surface area is 103 Å². The van der Waals surface area contributed by atoms with E-state index < -0.39 is 6.10 Å². The molecule has 0 radical (unpaired) electrons. The zero-order valence-corrected chi connectivity index (χ0v) is 11.1. The molecule has 1 aromatic heterocycles. The fraction of sp³-hybridized carbons (Fsp3) is 0.600. The maximum atomic E-state index is 10.8. The first-order valence-electron chi connectivity index (χ1n) is 5.08. The van der Waals surface area contributed by atoms with Crippen LogP contribution in [0, 0.1) is 10.1 Å². The number of aliphatic hydroxyl groups excluding tert-OH is 1. The minimum Gasteiger partial charge on any atom is -0.388 e. The molecule has 0 aliphatic carbocycles. The summed E-state index contributed by atoms with van der Waals surface area (Å²) in [7, 11) is 0. The normalized spacial score (nSPS) is 14.8. The number of thioether (sulfide) groups is 1. The molecule has 0 fully saturated rings. The molecule has 0 saturated heterocycles. The Hall–Kier alpha value is -0.590. The van der Waals surface area contributed by atoms with Crippen LogP contribution in [0.5, 0.6) is 0 Å². The van der Waals surface area contributed by atoms with Gasteiger partial charge in [0.2, 0.25) is 0 Å². The van der Waals surface area contributed by atoms with Crippen LogP contribution in [0.4, 0.5) is 5.69 Å². The van der Waals surface area contributed by atoms with Gasteiger partial charge in [-0.05, 0) is 13.3 Å². The molecule has 0 saturated carbocycles. The molecule has 0 aromatic carbocycles. The molecule has 6 heteroatoms. The van der Waals surface area contributed by atoms with E-state index in [1.807, 2.05) is 13.8 Å². The molecular formula is C10H15NO3S2. The molecule has 16 heavy (non-hydrogen) atoms. The topological polar surface area (TPSA) is 63.4 Å². The van der Waals surface area contributed by atoms with E-state index in [1.54, 1.807) is 6.92 Å². The van der Waals surface area contributed by atoms with Crippen molar-refractivity contribution in [2.45, 2.75) is 42.8 Å². The molecule has 2 atom stereocenters. The predicted octanol–water partition coefficient (Wildman–Crippen LogP) is 3.60. The summed E-state index contributed by atoms with van der Waals surface area (Å²) in [5.74, 6) is 0. The van der Waals surface area contributed by atoms with Crippen molar-refractivity contribution < 1.29 is 10.0 Å². The van der Waals surface area contributed by atoms with Crippen LogP contribution >= 0.6 is 23.1 Å². The number of aliphatic hydroxyl groups is 1. The highest BCUT2D eigenvalue weighted by atomic mass is 32.2. The lowest BCUT2D eigenvalue weighted by atomic mass is 10.3. The van der Waals surface area contributed by atoms with Crippen LogP contribution in [0.1, 0.15) is 38.2 Å². The van der Waals surface area contributed by atoms with Crippen LogP contribution in [0.15, 0.2) is 10.3 Å². The van der Waals surface area contributed by atoms with E-state index in [-0.39, 0.29) is 10.6 Å². The third-order valence-electron chi connectivity index (χ3n) is 2.19. The van der Waals surface area contributed by atoms with Gasteiger partial charge in [-0.1, -0.05) is 13.8 Å². The molecule has 0 bridgehead atoms. The summed E-state index contributed by atoms with van der Waals surface area (Å²) in [6.07, 6.45) is 0.319. The van der Waals surface area contributed by atoms with E-state index in [9.17, 15) is 15.2 Å². The van der Waals surface area contributed by atoms with Crippen molar-refractivity contribution in [3.63, 3.8) is 0 Å². The Balaban J connectivity index is 3.00. The second kappa shape index (κ2) is 5.65. The van der Waals surface area contributed by atoms with Crippen molar-refractivity contribution in [3.8, 4) is 0 Å². The molecule has 1 rings (SSSR count). The van der Waals surface area contributed by atoms with Gasteiger partial charge in [0.25, 0.3) is 5.69 Å². The number of nitro groups is 1. The van der Waals surface area contributed by atoms with Gasteiger partial charge in [-0.2, -0.15) is 0 Å². The molecule has 2 unspecified atom stereocenters. The van der Waals surface area contributed by atoms with Crippen molar-refractivity contribution in [2.24, 2.45) is 0 Å². The van der Waals surface area contributed by atoms with Gasteiger partial charge in [0.15, 0.2) is 0 Å². The number of hydrogen-bond acceptors (Lipinski definition) is 5. The first kappa shape index (κ1) is 13.5. The van der Waals surface area contributed by atoms with Crippen molar-refractivity contribution in [2.75, 3.05) is 0 Å². The van der Waals surface area contributed by atoms with E-state index in [0.29, 0.717) is 14.3 Å². The minimum absolute atomic E-state index is 0.117. The molecule has 0 aliphatic heterocycles. The quantitative estimate of drug-likeness (QED) is 0.499. The molecule has 0 spiro atoms. The second-order valence-electron chi connectivity index (χ2n) is 3.59. The summed E-state index contributed by atoms with van der Waals surface area (Å²) in [5.41, 5.74) is 0.117. The van der Waals surface area contributed by atoms with Crippen LogP contribution in [0.3, 0.4) is 0 Å². The highest BCUT2D eigenvalue weighted by molar-refractivity contribution is 8.01. The number of hydrogen-bond donors (Lipinski definition) is 1. The highest BCUT2D eigenvalue weighted by Crippen LogP contribution is 2.41. The number of thiophene rings is 1. The van der Waals surface area contributed by atoms with Gasteiger partial charge in [-0.15, -0.1) is 23.1 Å². The summed E-state index contributed by atoms with van der Waals surface area (Å²) in [6.45, 7) is 5.70. The van der Waals surface area contributed by atoms with E-state index in [4.69, 9.17) is 0 Å². The zero-order chi connectivity index (χ0) is 12.3. The Morgan fingerprint density at radius 2 is 2.25 bits per heavy atom. The molecule has 4 nitrogen and oxygen atoms in total. The Morgan fingerprint density at radius 1 is 1.62 bits per heavy atom. The van der Waals surface area contributed by atoms with Crippen LogP contribution in [-0.2, 0) is 0 Å². The number of rotatable bonds is 5. The summed E-state index contributed by atoms with van der Waals surface area (Å²) < 4.78 is 0.690. The van der Waals surface area contributed by atoms with Gasteiger partial charge >= 0.3 is 0 Å². The van der Waals surface area contributed by atoms with Gasteiger partial charge in [0.1, 0.15) is 4.21 Å². The minimum atomic E-state index is -0.644. The van der Waals surface area contributed by atoms with Crippen molar-refractivity contribution in [1.82, 2.24) is 0 Å². The average Bonchev–Trinajstić information content (AvgIpc) is 2.61. The molecule has 1 heterocycles. The van der Waals surface area contributed by atoms with Crippen LogP contribution in [0.25, 0.3) is 0 Å². The van der Waals surface area contributed by atoms with E-state index >= 15 is 0 Å². The molecule has 1 aromatic rings. The standard InChI is InChI=1S/C10H15NO3S2/c1-4-6(2)15-10-8(11(13)14)5-9(16-10)7(3)12/h5-7,12H,4H2,1-3H3. The van der Waals surface area contributed by atoms with Crippen LogP contribution in [-0.4, -0.2) is 15.3 Å². The zero-order valence-electron chi connectivity index (χ0n) is 9.47. The van der Waals surface area contributed by atoms with Gasteiger partial charge in [-0.3, -0.25) is 10.1 Å². The molecule has 0 aliphatic rings. The number of nitrogens with zero attached hydrogens (tertiary/aromatic N) is 1. The van der Waals surface area contributed by atoms with Gasteiger partial charge < -0.3 is 5.11 Å². The Kier molecular flexibility index (Phi) is 4.76. The summed E-state index contributed by atoms with van der Waals surface area (Å²) >= 11 is 2.81. The van der Waals surface area contributed by atoms with Gasteiger partial charge in [0, 0.05) is 16.2 Å². The molecule has 0 amide bonds. The maximum absolute atomic E-state index is 10.8. The molecule has 1 N–H and O–H groups in total. The average molecular weight is 261 g/mol. The second-order valence-corrected chi connectivity index (χ2v) is 6.38. The Morgan fingerprint density at radius 3 is 2.69 bits per heavy atom. The maximum Gasteiger partial charge on any atom is 0.294 e. The Bertz CT molecular complexity index is 376. The van der Waals surface area contributed by atoms with Gasteiger partial charge in [0.05, 0.1) is 11.0 Å². The third kappa shape index (κ3) is 3.20. The monoisotopic (exact) mass is 261 g/mol. The smallest absolute Gasteiger partial charge is 0.294 e. The molecule has 90 valence electrons. The van der Waals surface area contributed by atoms with Crippen LogP contribution in [0.2, 0.25) is 0 Å². The lowest BCUT2D eigenvalue weighted by Crippen LogP contribution is -1.93. The molecular weight excluding hydrogens is 246 g/mol.